The van der Waals surface area contributed by atoms with Gasteiger partial charge < -0.3 is 5.32 Å². The lowest BCUT2D eigenvalue weighted by molar-refractivity contribution is -0.384. The van der Waals surface area contributed by atoms with Gasteiger partial charge in [0, 0.05) is 10.0 Å². The van der Waals surface area contributed by atoms with Gasteiger partial charge >= 0.3 is 0 Å². The molecule has 2 rings (SSSR count). The van der Waals surface area contributed by atoms with Gasteiger partial charge in [-0.3, -0.25) is 14.9 Å². The summed E-state index contributed by atoms with van der Waals surface area (Å²) < 4.78 is 13.8. The predicted molar refractivity (Wildman–Crippen MR) is 79.9 cm³/mol. The van der Waals surface area contributed by atoms with Gasteiger partial charge in [0.2, 0.25) is 0 Å². The van der Waals surface area contributed by atoms with Gasteiger partial charge in [-0.1, -0.05) is 15.9 Å². The van der Waals surface area contributed by atoms with Crippen molar-refractivity contribution in [2.24, 2.45) is 0 Å². The van der Waals surface area contributed by atoms with Crippen LogP contribution in [0.1, 0.15) is 15.9 Å². The molecule has 0 atom stereocenters. The first-order valence-electron chi connectivity index (χ1n) is 5.89. The predicted octanol–water partition coefficient (Wildman–Crippen LogP) is 4.06. The molecule has 108 valence electrons. The van der Waals surface area contributed by atoms with Crippen molar-refractivity contribution in [2.75, 3.05) is 5.32 Å². The number of aryl methyl sites for hydroxylation is 1. The number of nitro benzene ring substituents is 1. The Morgan fingerprint density at radius 3 is 2.62 bits per heavy atom. The Balaban J connectivity index is 2.33. The monoisotopic (exact) mass is 352 g/mol. The van der Waals surface area contributed by atoms with Gasteiger partial charge in [-0.15, -0.1) is 0 Å². The zero-order chi connectivity index (χ0) is 15.6. The molecule has 0 aromatic heterocycles. The molecule has 1 N–H and O–H groups in total. The fourth-order valence-electron chi connectivity index (χ4n) is 1.82. The first-order valence-corrected chi connectivity index (χ1v) is 6.68. The largest absolute Gasteiger partial charge is 0.316 e. The SMILES string of the molecule is Cc1cc(Br)cc(C(=O)Nc2ccc(F)cc2[N+](=O)[O-])c1. The number of halogens is 2. The van der Waals surface area contributed by atoms with E-state index in [0.29, 0.717) is 5.56 Å². The molecular weight excluding hydrogens is 343 g/mol. The number of anilines is 1. The quantitative estimate of drug-likeness (QED) is 0.668. The molecular formula is C14H10BrFN2O3. The molecule has 2 aromatic rings. The zero-order valence-corrected chi connectivity index (χ0v) is 12.5. The molecule has 1 amide bonds. The minimum atomic E-state index is -0.745. The second-order valence-electron chi connectivity index (χ2n) is 4.39. The lowest BCUT2D eigenvalue weighted by Gasteiger charge is -2.07. The summed E-state index contributed by atoms with van der Waals surface area (Å²) in [5.74, 6) is -1.24. The van der Waals surface area contributed by atoms with Crippen molar-refractivity contribution in [3.8, 4) is 0 Å². The Hall–Kier alpha value is -2.28. The van der Waals surface area contributed by atoms with Gasteiger partial charge in [0.25, 0.3) is 11.6 Å². The minimum Gasteiger partial charge on any atom is -0.316 e. The van der Waals surface area contributed by atoms with E-state index in [2.05, 4.69) is 21.2 Å². The number of carbonyl (C=O) groups is 1. The third-order valence-corrected chi connectivity index (χ3v) is 3.17. The highest BCUT2D eigenvalue weighted by Gasteiger charge is 2.18. The summed E-state index contributed by atoms with van der Waals surface area (Å²) in [5, 5.41) is 13.3. The molecule has 0 saturated carbocycles. The van der Waals surface area contributed by atoms with Gasteiger partial charge in [-0.2, -0.15) is 0 Å². The van der Waals surface area contributed by atoms with Crippen LogP contribution in [0.25, 0.3) is 0 Å². The maximum atomic E-state index is 13.1. The number of nitrogens with zero attached hydrogens (tertiary/aromatic N) is 1. The molecule has 5 nitrogen and oxygen atoms in total. The van der Waals surface area contributed by atoms with Crippen LogP contribution in [0.5, 0.6) is 0 Å². The number of hydrogen-bond acceptors (Lipinski definition) is 3. The summed E-state index contributed by atoms with van der Waals surface area (Å²) >= 11 is 3.28. The maximum absolute atomic E-state index is 13.1. The summed E-state index contributed by atoms with van der Waals surface area (Å²) in [4.78, 5) is 22.3. The molecule has 2 aromatic carbocycles. The van der Waals surface area contributed by atoms with Crippen LogP contribution in [0.3, 0.4) is 0 Å². The summed E-state index contributed by atoms with van der Waals surface area (Å²) in [5.41, 5.74) is 0.669. The van der Waals surface area contributed by atoms with Crippen molar-refractivity contribution < 1.29 is 14.1 Å². The second kappa shape index (κ2) is 6.01. The van der Waals surface area contributed by atoms with E-state index >= 15 is 0 Å². The highest BCUT2D eigenvalue weighted by Crippen LogP contribution is 2.26. The maximum Gasteiger partial charge on any atom is 0.295 e. The molecule has 7 heteroatoms. The van der Waals surface area contributed by atoms with Crippen LogP contribution < -0.4 is 5.32 Å². The smallest absolute Gasteiger partial charge is 0.295 e. The lowest BCUT2D eigenvalue weighted by atomic mass is 10.1. The molecule has 0 saturated heterocycles. The Bertz CT molecular complexity index is 714. The van der Waals surface area contributed by atoms with Crippen LogP contribution in [0.2, 0.25) is 0 Å². The molecule has 0 bridgehead atoms. The van der Waals surface area contributed by atoms with E-state index < -0.39 is 22.3 Å². The average molecular weight is 353 g/mol. The van der Waals surface area contributed by atoms with Gasteiger partial charge in [-0.05, 0) is 42.8 Å². The fourth-order valence-corrected chi connectivity index (χ4v) is 2.43. The van der Waals surface area contributed by atoms with E-state index in [4.69, 9.17) is 0 Å². The Kier molecular flexibility index (Phi) is 4.32. The van der Waals surface area contributed by atoms with Crippen molar-refractivity contribution in [3.05, 3.63) is 67.9 Å². The third kappa shape index (κ3) is 3.63. The van der Waals surface area contributed by atoms with Crippen LogP contribution in [-0.4, -0.2) is 10.8 Å². The number of nitrogens with one attached hydrogen (secondary N) is 1. The fraction of sp³-hybridized carbons (Fsp3) is 0.0714. The number of nitro groups is 1. The van der Waals surface area contributed by atoms with Crippen LogP contribution in [-0.2, 0) is 0 Å². The van der Waals surface area contributed by atoms with Crippen molar-refractivity contribution in [2.45, 2.75) is 6.92 Å². The number of hydrogen-bond donors (Lipinski definition) is 1. The molecule has 21 heavy (non-hydrogen) atoms. The minimum absolute atomic E-state index is 0.0518. The number of benzene rings is 2. The number of carbonyl (C=O) groups excluding carboxylic acids is 1. The van der Waals surface area contributed by atoms with Crippen molar-refractivity contribution in [1.82, 2.24) is 0 Å². The first-order chi connectivity index (χ1) is 9.86. The first kappa shape index (κ1) is 15.1. The second-order valence-corrected chi connectivity index (χ2v) is 5.31. The average Bonchev–Trinajstić information content (AvgIpc) is 2.39. The zero-order valence-electron chi connectivity index (χ0n) is 10.9. The lowest BCUT2D eigenvalue weighted by Crippen LogP contribution is -2.13. The topological polar surface area (TPSA) is 72.2 Å². The summed E-state index contributed by atoms with van der Waals surface area (Å²) in [6.07, 6.45) is 0. The molecule has 0 fully saturated rings. The van der Waals surface area contributed by atoms with Crippen molar-refractivity contribution in [3.63, 3.8) is 0 Å². The summed E-state index contributed by atoms with van der Waals surface area (Å²) in [6, 6.07) is 8.05. The van der Waals surface area contributed by atoms with E-state index in [9.17, 15) is 19.3 Å². The Morgan fingerprint density at radius 1 is 1.29 bits per heavy atom. The van der Waals surface area contributed by atoms with E-state index in [1.54, 1.807) is 12.1 Å². The van der Waals surface area contributed by atoms with Crippen molar-refractivity contribution in [1.29, 1.82) is 0 Å². The van der Waals surface area contributed by atoms with Crippen molar-refractivity contribution >= 4 is 33.2 Å². The van der Waals surface area contributed by atoms with Gasteiger partial charge in [0.15, 0.2) is 0 Å². The van der Waals surface area contributed by atoms with Gasteiger partial charge in [0.1, 0.15) is 11.5 Å². The van der Waals surface area contributed by atoms with Crippen LogP contribution in [0, 0.1) is 22.9 Å². The number of amides is 1. The van der Waals surface area contributed by atoms with E-state index in [0.717, 1.165) is 28.2 Å². The molecule has 0 radical (unpaired) electrons. The standard InChI is InChI=1S/C14H10BrFN2O3/c1-8-4-9(6-10(15)5-8)14(19)17-12-3-2-11(16)7-13(12)18(20)21/h2-7H,1H3,(H,17,19). The third-order valence-electron chi connectivity index (χ3n) is 2.71. The van der Waals surface area contributed by atoms with E-state index in [1.807, 2.05) is 13.0 Å². The molecule has 0 spiro atoms. The van der Waals surface area contributed by atoms with Gasteiger partial charge in [-0.25, -0.2) is 4.39 Å². The molecule has 0 unspecified atom stereocenters. The summed E-state index contributed by atoms with van der Waals surface area (Å²) in [6.45, 7) is 1.82. The van der Waals surface area contributed by atoms with Crippen LogP contribution >= 0.6 is 15.9 Å². The van der Waals surface area contributed by atoms with Crippen LogP contribution in [0.4, 0.5) is 15.8 Å². The molecule has 0 aliphatic heterocycles. The Morgan fingerprint density at radius 2 is 2.00 bits per heavy atom. The summed E-state index contributed by atoms with van der Waals surface area (Å²) in [7, 11) is 0. The number of rotatable bonds is 3. The highest BCUT2D eigenvalue weighted by molar-refractivity contribution is 9.10. The molecule has 0 aliphatic rings. The highest BCUT2D eigenvalue weighted by atomic mass is 79.9. The van der Waals surface area contributed by atoms with Gasteiger partial charge in [0.05, 0.1) is 11.0 Å². The van der Waals surface area contributed by atoms with Crippen LogP contribution in [0.15, 0.2) is 40.9 Å². The van der Waals surface area contributed by atoms with E-state index in [1.165, 1.54) is 0 Å². The van der Waals surface area contributed by atoms with E-state index in [-0.39, 0.29) is 5.69 Å². The molecule has 0 heterocycles. The Labute approximate surface area is 128 Å². The normalized spacial score (nSPS) is 10.2. The molecule has 0 aliphatic carbocycles.